The maximum Gasteiger partial charge on any atom is 0.389 e. The largest absolute Gasteiger partial charge is 0.389 e. The third-order valence-electron chi connectivity index (χ3n) is 5.11. The summed E-state index contributed by atoms with van der Waals surface area (Å²) < 4.78 is 36.6. The van der Waals surface area contributed by atoms with Crippen molar-refractivity contribution < 1.29 is 18.0 Å². The van der Waals surface area contributed by atoms with Gasteiger partial charge in [-0.1, -0.05) is 6.42 Å². The van der Waals surface area contributed by atoms with Crippen LogP contribution >= 0.6 is 0 Å². The second kappa shape index (κ2) is 8.76. The molecule has 2 aliphatic carbocycles. The SMILES string of the molecule is CN(C)C(=O)CN=C(NCCCCC(F)(F)F)NC1CC2CCC1C2. The summed E-state index contributed by atoms with van der Waals surface area (Å²) in [5.41, 5.74) is 0. The summed E-state index contributed by atoms with van der Waals surface area (Å²) in [6.45, 7) is 0.449. The van der Waals surface area contributed by atoms with Crippen LogP contribution in [0.2, 0.25) is 0 Å². The first kappa shape index (κ1) is 19.8. The molecule has 144 valence electrons. The van der Waals surface area contributed by atoms with Crippen molar-refractivity contribution in [2.75, 3.05) is 27.2 Å². The van der Waals surface area contributed by atoms with Gasteiger partial charge in [0.05, 0.1) is 0 Å². The number of nitrogens with one attached hydrogen (secondary N) is 2. The zero-order chi connectivity index (χ0) is 18.4. The normalized spacial score (nSPS) is 26.0. The number of likely N-dealkylation sites (N-methyl/N-ethyl adjacent to an activating group) is 1. The Morgan fingerprint density at radius 3 is 2.52 bits per heavy atom. The van der Waals surface area contributed by atoms with Gasteiger partial charge in [0.25, 0.3) is 0 Å². The molecule has 2 bridgehead atoms. The lowest BCUT2D eigenvalue weighted by Gasteiger charge is -2.25. The smallest absolute Gasteiger partial charge is 0.356 e. The average molecular weight is 362 g/mol. The lowest BCUT2D eigenvalue weighted by atomic mass is 9.95. The van der Waals surface area contributed by atoms with Gasteiger partial charge in [0, 0.05) is 33.1 Å². The number of amides is 1. The zero-order valence-electron chi connectivity index (χ0n) is 15.0. The molecule has 2 N–H and O–H groups in total. The van der Waals surface area contributed by atoms with Crippen LogP contribution in [0.25, 0.3) is 0 Å². The summed E-state index contributed by atoms with van der Waals surface area (Å²) in [5.74, 6) is 1.86. The van der Waals surface area contributed by atoms with E-state index < -0.39 is 12.6 Å². The van der Waals surface area contributed by atoms with E-state index >= 15 is 0 Å². The van der Waals surface area contributed by atoms with E-state index in [4.69, 9.17) is 0 Å². The minimum Gasteiger partial charge on any atom is -0.356 e. The van der Waals surface area contributed by atoms with Crippen LogP contribution in [0, 0.1) is 11.8 Å². The maximum absolute atomic E-state index is 12.2. The standard InChI is InChI=1S/C17H29F3N4O/c1-24(2)15(25)11-22-16(21-8-4-3-7-17(18,19)20)23-14-10-12-5-6-13(14)9-12/h12-14H,3-11H2,1-2H3,(H2,21,22,23). The molecule has 3 unspecified atom stereocenters. The molecule has 0 aromatic heterocycles. The van der Waals surface area contributed by atoms with Crippen LogP contribution in [-0.2, 0) is 4.79 Å². The van der Waals surface area contributed by atoms with E-state index in [2.05, 4.69) is 15.6 Å². The van der Waals surface area contributed by atoms with Crippen molar-refractivity contribution in [2.45, 2.75) is 57.2 Å². The van der Waals surface area contributed by atoms with Crippen LogP contribution in [0.5, 0.6) is 0 Å². The average Bonchev–Trinajstić information content (AvgIpc) is 3.13. The van der Waals surface area contributed by atoms with Crippen molar-refractivity contribution in [3.8, 4) is 0 Å². The molecule has 0 aromatic carbocycles. The highest BCUT2D eigenvalue weighted by atomic mass is 19.4. The third-order valence-corrected chi connectivity index (χ3v) is 5.11. The molecule has 0 saturated heterocycles. The van der Waals surface area contributed by atoms with Gasteiger partial charge < -0.3 is 15.5 Å². The van der Waals surface area contributed by atoms with Crippen LogP contribution in [0.3, 0.4) is 0 Å². The van der Waals surface area contributed by atoms with Gasteiger partial charge in [-0.25, -0.2) is 4.99 Å². The van der Waals surface area contributed by atoms with Crippen molar-refractivity contribution in [3.05, 3.63) is 0 Å². The monoisotopic (exact) mass is 362 g/mol. The molecule has 0 radical (unpaired) electrons. The van der Waals surface area contributed by atoms with Crippen LogP contribution in [0.1, 0.15) is 44.9 Å². The number of carbonyl (C=O) groups is 1. The number of carbonyl (C=O) groups excluding carboxylic acids is 1. The summed E-state index contributed by atoms with van der Waals surface area (Å²) in [4.78, 5) is 17.5. The van der Waals surface area contributed by atoms with Gasteiger partial charge in [0.15, 0.2) is 5.96 Å². The number of nitrogens with zero attached hydrogens (tertiary/aromatic N) is 2. The molecule has 3 atom stereocenters. The molecular formula is C17H29F3N4O. The molecule has 8 heteroatoms. The first-order chi connectivity index (χ1) is 11.7. The number of halogens is 3. The lowest BCUT2D eigenvalue weighted by Crippen LogP contribution is -2.46. The Labute approximate surface area is 147 Å². The molecule has 0 aliphatic heterocycles. The van der Waals surface area contributed by atoms with Crippen LogP contribution in [-0.4, -0.2) is 56.2 Å². The van der Waals surface area contributed by atoms with Crippen molar-refractivity contribution >= 4 is 11.9 Å². The van der Waals surface area contributed by atoms with E-state index in [0.717, 1.165) is 12.3 Å². The van der Waals surface area contributed by atoms with E-state index in [-0.39, 0.29) is 18.9 Å². The van der Waals surface area contributed by atoms with Gasteiger partial charge in [0.1, 0.15) is 6.54 Å². The Morgan fingerprint density at radius 1 is 1.20 bits per heavy atom. The summed E-state index contributed by atoms with van der Waals surface area (Å²) in [7, 11) is 3.34. The highest BCUT2D eigenvalue weighted by molar-refractivity contribution is 5.85. The van der Waals surface area contributed by atoms with Gasteiger partial charge in [-0.2, -0.15) is 13.2 Å². The van der Waals surface area contributed by atoms with Gasteiger partial charge in [-0.15, -0.1) is 0 Å². The summed E-state index contributed by atoms with van der Waals surface area (Å²) in [5, 5.41) is 6.48. The first-order valence-electron chi connectivity index (χ1n) is 9.06. The Hall–Kier alpha value is -1.47. The van der Waals surface area contributed by atoms with Crippen LogP contribution < -0.4 is 10.6 Å². The number of hydrogen-bond donors (Lipinski definition) is 2. The van der Waals surface area contributed by atoms with Crippen molar-refractivity contribution in [1.29, 1.82) is 0 Å². The Morgan fingerprint density at radius 2 is 1.96 bits per heavy atom. The number of hydrogen-bond acceptors (Lipinski definition) is 2. The van der Waals surface area contributed by atoms with E-state index in [0.29, 0.717) is 30.9 Å². The highest BCUT2D eigenvalue weighted by Gasteiger charge is 2.39. The Bertz CT molecular complexity index is 479. The first-order valence-corrected chi connectivity index (χ1v) is 9.06. The van der Waals surface area contributed by atoms with E-state index in [1.165, 1.54) is 24.2 Å². The Kier molecular flexibility index (Phi) is 6.95. The number of unbranched alkanes of at least 4 members (excludes halogenated alkanes) is 1. The van der Waals surface area contributed by atoms with Gasteiger partial charge in [-0.3, -0.25) is 4.79 Å². The molecule has 0 spiro atoms. The number of aliphatic imine (C=N–C) groups is 1. The number of fused-ring (bicyclic) bond motifs is 2. The predicted molar refractivity (Wildman–Crippen MR) is 91.3 cm³/mol. The second-order valence-electron chi connectivity index (χ2n) is 7.38. The highest BCUT2D eigenvalue weighted by Crippen LogP contribution is 2.44. The maximum atomic E-state index is 12.2. The quantitative estimate of drug-likeness (QED) is 0.416. The van der Waals surface area contributed by atoms with E-state index in [9.17, 15) is 18.0 Å². The second-order valence-corrected chi connectivity index (χ2v) is 7.38. The summed E-state index contributed by atoms with van der Waals surface area (Å²) in [6, 6.07) is 0.356. The number of rotatable bonds is 7. The molecule has 25 heavy (non-hydrogen) atoms. The van der Waals surface area contributed by atoms with E-state index in [1.54, 1.807) is 14.1 Å². The molecule has 0 heterocycles. The molecular weight excluding hydrogens is 333 g/mol. The molecule has 0 aromatic rings. The number of alkyl halides is 3. The molecule has 2 saturated carbocycles. The third kappa shape index (κ3) is 6.74. The van der Waals surface area contributed by atoms with Gasteiger partial charge in [-0.05, 0) is 43.9 Å². The minimum absolute atomic E-state index is 0.0334. The number of guanidine groups is 1. The topological polar surface area (TPSA) is 56.7 Å². The molecule has 1 amide bonds. The fraction of sp³-hybridized carbons (Fsp3) is 0.882. The van der Waals surface area contributed by atoms with Crippen molar-refractivity contribution in [3.63, 3.8) is 0 Å². The predicted octanol–water partition coefficient (Wildman–Crippen LogP) is 2.53. The fourth-order valence-electron chi connectivity index (χ4n) is 3.70. The molecule has 5 nitrogen and oxygen atoms in total. The Balaban J connectivity index is 1.81. The minimum atomic E-state index is -4.10. The molecule has 2 fully saturated rings. The van der Waals surface area contributed by atoms with Gasteiger partial charge in [0.2, 0.25) is 5.91 Å². The van der Waals surface area contributed by atoms with Crippen LogP contribution in [0.4, 0.5) is 13.2 Å². The van der Waals surface area contributed by atoms with Crippen LogP contribution in [0.15, 0.2) is 4.99 Å². The van der Waals surface area contributed by atoms with E-state index in [1.807, 2.05) is 0 Å². The fourth-order valence-corrected chi connectivity index (χ4v) is 3.70. The molecule has 2 rings (SSSR count). The lowest BCUT2D eigenvalue weighted by molar-refractivity contribution is -0.135. The zero-order valence-corrected chi connectivity index (χ0v) is 15.0. The molecule has 2 aliphatic rings. The summed E-state index contributed by atoms with van der Waals surface area (Å²) in [6.07, 6.45) is 0.509. The van der Waals surface area contributed by atoms with Crippen molar-refractivity contribution in [2.24, 2.45) is 16.8 Å². The van der Waals surface area contributed by atoms with Crippen molar-refractivity contribution in [1.82, 2.24) is 15.5 Å². The summed E-state index contributed by atoms with van der Waals surface area (Å²) >= 11 is 0. The van der Waals surface area contributed by atoms with Gasteiger partial charge >= 0.3 is 6.18 Å².